The molecule has 2 N–H and O–H groups in total. The summed E-state index contributed by atoms with van der Waals surface area (Å²) in [7, 11) is 0. The Labute approximate surface area is 222 Å². The second kappa shape index (κ2) is 10.3. The Morgan fingerprint density at radius 1 is 1.05 bits per heavy atom. The Morgan fingerprint density at radius 3 is 2.71 bits per heavy atom. The van der Waals surface area contributed by atoms with E-state index < -0.39 is 0 Å². The van der Waals surface area contributed by atoms with Gasteiger partial charge in [0.05, 0.1) is 22.9 Å². The second-order valence-corrected chi connectivity index (χ2v) is 10.2. The van der Waals surface area contributed by atoms with Crippen LogP contribution >= 0.6 is 0 Å². The number of para-hydroxylation sites is 1. The number of anilines is 1. The van der Waals surface area contributed by atoms with Crippen molar-refractivity contribution in [2.24, 2.45) is 0 Å². The first-order valence-corrected chi connectivity index (χ1v) is 13.5. The molecule has 1 aliphatic carbocycles. The number of nitrogens with one attached hydrogen (secondary N) is 1. The molecule has 1 fully saturated rings. The molecule has 0 radical (unpaired) electrons. The lowest BCUT2D eigenvalue weighted by Gasteiger charge is -2.27. The van der Waals surface area contributed by atoms with E-state index in [9.17, 15) is 10.4 Å². The van der Waals surface area contributed by atoms with Gasteiger partial charge < -0.3 is 15.0 Å². The highest BCUT2D eigenvalue weighted by atomic mass is 16.3. The van der Waals surface area contributed by atoms with Crippen LogP contribution in [0.2, 0.25) is 0 Å². The van der Waals surface area contributed by atoms with Gasteiger partial charge in [0.25, 0.3) is 0 Å². The standard InChI is InChI=1S/C32H31N5O/c1-2-5-23-20-37(26-11-8-22(18-33)30(17-26)36-25-9-12-27(38)13-10-25)32-31(23)28(14-15-34-32)24-16-21-6-3-4-7-29(21)35-19-24/h3-4,6-8,11,14-17,19-20,25,27,36,38H,2,5,9-10,12-13H2,1H3/t25-,27-. The maximum Gasteiger partial charge on any atom is 0.145 e. The number of pyridine rings is 2. The quantitative estimate of drug-likeness (QED) is 0.268. The number of nitrogens with zero attached hydrogens (tertiary/aromatic N) is 4. The minimum Gasteiger partial charge on any atom is -0.393 e. The fourth-order valence-corrected chi connectivity index (χ4v) is 5.69. The lowest BCUT2D eigenvalue weighted by atomic mass is 9.93. The van der Waals surface area contributed by atoms with Crippen molar-refractivity contribution in [3.8, 4) is 22.9 Å². The highest BCUT2D eigenvalue weighted by Gasteiger charge is 2.21. The molecule has 0 aliphatic heterocycles. The van der Waals surface area contributed by atoms with Crippen molar-refractivity contribution in [2.75, 3.05) is 5.32 Å². The highest BCUT2D eigenvalue weighted by Crippen LogP contribution is 2.35. The van der Waals surface area contributed by atoms with Crippen molar-refractivity contribution in [2.45, 2.75) is 57.6 Å². The van der Waals surface area contributed by atoms with Crippen LogP contribution < -0.4 is 5.32 Å². The molecule has 0 spiro atoms. The van der Waals surface area contributed by atoms with Gasteiger partial charge in [-0.2, -0.15) is 5.26 Å². The van der Waals surface area contributed by atoms with Gasteiger partial charge in [0.15, 0.2) is 0 Å². The number of aryl methyl sites for hydroxylation is 1. The van der Waals surface area contributed by atoms with Crippen molar-refractivity contribution < 1.29 is 5.11 Å². The van der Waals surface area contributed by atoms with Crippen LogP contribution in [0, 0.1) is 11.3 Å². The van der Waals surface area contributed by atoms with Gasteiger partial charge in [-0.05, 0) is 79.6 Å². The molecular weight excluding hydrogens is 470 g/mol. The minimum atomic E-state index is -0.212. The van der Waals surface area contributed by atoms with Crippen molar-refractivity contribution >= 4 is 27.6 Å². The zero-order valence-electron chi connectivity index (χ0n) is 21.6. The van der Waals surface area contributed by atoms with E-state index in [1.54, 1.807) is 0 Å². The maximum atomic E-state index is 9.90. The summed E-state index contributed by atoms with van der Waals surface area (Å²) in [5.41, 5.74) is 7.76. The summed E-state index contributed by atoms with van der Waals surface area (Å²) in [6.07, 6.45) is 11.1. The van der Waals surface area contributed by atoms with Crippen LogP contribution in [-0.2, 0) is 6.42 Å². The molecule has 5 aromatic rings. The van der Waals surface area contributed by atoms with Crippen LogP contribution in [0.4, 0.5) is 5.69 Å². The Bertz CT molecular complexity index is 1660. The third-order valence-corrected chi connectivity index (χ3v) is 7.64. The fraction of sp³-hybridized carbons (Fsp3) is 0.281. The molecule has 190 valence electrons. The number of hydrogen-bond acceptors (Lipinski definition) is 5. The van der Waals surface area contributed by atoms with Gasteiger partial charge in [-0.3, -0.25) is 4.98 Å². The van der Waals surface area contributed by atoms with Gasteiger partial charge >= 0.3 is 0 Å². The van der Waals surface area contributed by atoms with Crippen molar-refractivity contribution in [3.05, 3.63) is 84.3 Å². The van der Waals surface area contributed by atoms with Crippen LogP contribution in [-0.4, -0.2) is 31.8 Å². The van der Waals surface area contributed by atoms with Crippen LogP contribution in [0.5, 0.6) is 0 Å². The summed E-state index contributed by atoms with van der Waals surface area (Å²) >= 11 is 0. The summed E-state index contributed by atoms with van der Waals surface area (Å²) < 4.78 is 2.15. The first kappa shape index (κ1) is 24.1. The summed E-state index contributed by atoms with van der Waals surface area (Å²) in [4.78, 5) is 9.55. The Morgan fingerprint density at radius 2 is 1.89 bits per heavy atom. The van der Waals surface area contributed by atoms with Gasteiger partial charge in [0.1, 0.15) is 11.7 Å². The van der Waals surface area contributed by atoms with E-state index in [0.717, 1.165) is 83.0 Å². The Hall–Kier alpha value is -4.21. The predicted octanol–water partition coefficient (Wildman–Crippen LogP) is 6.78. The van der Waals surface area contributed by atoms with Crippen LogP contribution in [0.15, 0.2) is 73.2 Å². The average molecular weight is 502 g/mol. The Balaban J connectivity index is 1.46. The SMILES string of the molecule is CCCc1cn(-c2ccc(C#N)c(N[C@H]3CC[C@H](O)CC3)c2)c2nccc(-c3cnc4ccccc4c3)c12. The molecule has 3 aromatic heterocycles. The van der Waals surface area contributed by atoms with E-state index in [2.05, 4.69) is 53.3 Å². The maximum absolute atomic E-state index is 9.90. The number of rotatable bonds is 6. The molecule has 0 atom stereocenters. The third kappa shape index (κ3) is 4.51. The lowest BCUT2D eigenvalue weighted by molar-refractivity contribution is 0.126. The number of nitriles is 1. The highest BCUT2D eigenvalue weighted by molar-refractivity contribution is 5.98. The number of hydrogen-bond donors (Lipinski definition) is 2. The summed E-state index contributed by atoms with van der Waals surface area (Å²) in [5, 5.41) is 25.5. The molecule has 0 saturated heterocycles. The van der Waals surface area contributed by atoms with E-state index in [0.29, 0.717) is 5.56 Å². The first-order chi connectivity index (χ1) is 18.6. The topological polar surface area (TPSA) is 86.8 Å². The molecule has 3 heterocycles. The molecule has 2 aromatic carbocycles. The molecule has 0 unspecified atom stereocenters. The van der Waals surface area contributed by atoms with Crippen LogP contribution in [0.3, 0.4) is 0 Å². The fourth-order valence-electron chi connectivity index (χ4n) is 5.69. The van der Waals surface area contributed by atoms with Gasteiger partial charge in [0, 0.05) is 46.7 Å². The van der Waals surface area contributed by atoms with E-state index in [1.165, 1.54) is 5.56 Å². The third-order valence-electron chi connectivity index (χ3n) is 7.64. The molecule has 6 rings (SSSR count). The molecule has 0 bridgehead atoms. The van der Waals surface area contributed by atoms with Gasteiger partial charge in [-0.15, -0.1) is 0 Å². The van der Waals surface area contributed by atoms with E-state index in [-0.39, 0.29) is 12.1 Å². The molecule has 6 nitrogen and oxygen atoms in total. The summed E-state index contributed by atoms with van der Waals surface area (Å²) in [5.74, 6) is 0. The largest absolute Gasteiger partial charge is 0.393 e. The summed E-state index contributed by atoms with van der Waals surface area (Å²) in [6.45, 7) is 2.20. The minimum absolute atomic E-state index is 0.212. The van der Waals surface area contributed by atoms with Crippen molar-refractivity contribution in [1.29, 1.82) is 5.26 Å². The normalized spacial score (nSPS) is 17.5. The second-order valence-electron chi connectivity index (χ2n) is 10.2. The average Bonchev–Trinajstić information content (AvgIpc) is 3.33. The lowest BCUT2D eigenvalue weighted by Crippen LogP contribution is -2.28. The number of aliphatic hydroxyl groups excluding tert-OH is 1. The number of aromatic nitrogens is 3. The van der Waals surface area contributed by atoms with Gasteiger partial charge in [0.2, 0.25) is 0 Å². The van der Waals surface area contributed by atoms with E-state index in [1.807, 2.05) is 42.7 Å². The smallest absolute Gasteiger partial charge is 0.145 e. The molecule has 38 heavy (non-hydrogen) atoms. The first-order valence-electron chi connectivity index (χ1n) is 13.5. The van der Waals surface area contributed by atoms with Gasteiger partial charge in [-0.1, -0.05) is 31.5 Å². The number of benzene rings is 2. The van der Waals surface area contributed by atoms with E-state index >= 15 is 0 Å². The molecule has 1 saturated carbocycles. The zero-order valence-corrected chi connectivity index (χ0v) is 21.6. The zero-order chi connectivity index (χ0) is 26.1. The molecule has 0 amide bonds. The van der Waals surface area contributed by atoms with Crippen LogP contribution in [0.25, 0.3) is 38.8 Å². The van der Waals surface area contributed by atoms with Crippen molar-refractivity contribution in [3.63, 3.8) is 0 Å². The summed E-state index contributed by atoms with van der Waals surface area (Å²) in [6, 6.07) is 21.0. The molecule has 6 heteroatoms. The predicted molar refractivity (Wildman–Crippen MR) is 152 cm³/mol. The number of fused-ring (bicyclic) bond motifs is 2. The monoisotopic (exact) mass is 501 g/mol. The molecule has 1 aliphatic rings. The Kier molecular flexibility index (Phi) is 6.53. The van der Waals surface area contributed by atoms with E-state index in [4.69, 9.17) is 9.97 Å². The van der Waals surface area contributed by atoms with Gasteiger partial charge in [-0.25, -0.2) is 4.98 Å². The number of aliphatic hydroxyl groups is 1. The van der Waals surface area contributed by atoms with Crippen molar-refractivity contribution in [1.82, 2.24) is 14.5 Å². The van der Waals surface area contributed by atoms with Crippen LogP contribution in [0.1, 0.15) is 50.2 Å². The molecular formula is C32H31N5O.